The highest BCUT2D eigenvalue weighted by molar-refractivity contribution is 5.84. The average molecular weight is 292 g/mol. The number of benzene rings is 1. The Morgan fingerprint density at radius 2 is 1.68 bits per heavy atom. The molecule has 1 N–H and O–H groups in total. The van der Waals surface area contributed by atoms with Crippen molar-refractivity contribution in [2.75, 3.05) is 20.8 Å². The Morgan fingerprint density at radius 1 is 1.16 bits per heavy atom. The van der Waals surface area contributed by atoms with E-state index >= 15 is 0 Å². The smallest absolute Gasteiger partial charge is 0.161 e. The second-order valence-corrected chi connectivity index (χ2v) is 4.38. The maximum atomic E-state index is 8.60. The summed E-state index contributed by atoms with van der Waals surface area (Å²) in [6.45, 7) is 0.864. The van der Waals surface area contributed by atoms with Gasteiger partial charge in [-0.3, -0.25) is 4.99 Å². The van der Waals surface area contributed by atoms with Crippen LogP contribution in [-0.4, -0.2) is 31.6 Å². The number of hydrogen-bond donors (Lipinski definition) is 1. The first-order valence-electron chi connectivity index (χ1n) is 5.23. The molecule has 19 heavy (non-hydrogen) atoms. The van der Waals surface area contributed by atoms with Crippen molar-refractivity contribution in [1.29, 1.82) is 0 Å². The summed E-state index contributed by atoms with van der Waals surface area (Å²) < 4.78 is 43.2. The van der Waals surface area contributed by atoms with Crippen LogP contribution in [0.3, 0.4) is 0 Å². The number of ether oxygens (including phenoxy) is 2. The molecule has 2 rings (SSSR count). The Kier molecular flexibility index (Phi) is 5.52. The SMILES string of the molecule is COc1cc2c(cc1OC)CCN=C2.[O-][Cl+3]([O-])([O-])O. The van der Waals surface area contributed by atoms with Crippen molar-refractivity contribution >= 4 is 6.21 Å². The van der Waals surface area contributed by atoms with Crippen LogP contribution in [-0.2, 0) is 6.42 Å². The predicted molar refractivity (Wildman–Crippen MR) is 57.9 cm³/mol. The number of aliphatic imine (C=N–C) groups is 1. The molecule has 1 aromatic rings. The van der Waals surface area contributed by atoms with Gasteiger partial charge in [0.25, 0.3) is 0 Å². The van der Waals surface area contributed by atoms with Gasteiger partial charge in [-0.15, -0.1) is 0 Å². The lowest BCUT2D eigenvalue weighted by Crippen LogP contribution is -2.58. The van der Waals surface area contributed by atoms with E-state index in [1.807, 2.05) is 18.3 Å². The van der Waals surface area contributed by atoms with Gasteiger partial charge in [0.15, 0.2) is 11.5 Å². The van der Waals surface area contributed by atoms with Crippen LogP contribution in [0.25, 0.3) is 0 Å². The van der Waals surface area contributed by atoms with Gasteiger partial charge < -0.3 is 9.47 Å². The van der Waals surface area contributed by atoms with Crippen LogP contribution in [0.15, 0.2) is 17.1 Å². The van der Waals surface area contributed by atoms with E-state index in [4.69, 9.17) is 28.1 Å². The minimum atomic E-state index is -4.69. The highest BCUT2D eigenvalue weighted by Crippen LogP contribution is 2.30. The predicted octanol–water partition coefficient (Wildman–Crippen LogP) is -2.45. The van der Waals surface area contributed by atoms with Gasteiger partial charge in [0, 0.05) is 12.8 Å². The van der Waals surface area contributed by atoms with E-state index in [1.165, 1.54) is 5.56 Å². The lowest BCUT2D eigenvalue weighted by Gasteiger charge is -2.14. The van der Waals surface area contributed by atoms with Gasteiger partial charge in [-0.2, -0.15) is 14.0 Å². The molecule has 0 spiro atoms. The van der Waals surface area contributed by atoms with Gasteiger partial charge >= 0.3 is 0 Å². The summed E-state index contributed by atoms with van der Waals surface area (Å²) >= 11 is 0. The number of nitrogens with zero attached hydrogens (tertiary/aromatic N) is 1. The Balaban J connectivity index is 0.000000312. The Bertz CT molecular complexity index is 451. The summed E-state index contributed by atoms with van der Waals surface area (Å²) in [4.78, 5) is 4.23. The molecule has 8 heteroatoms. The molecule has 0 aromatic heterocycles. The first-order chi connectivity index (χ1) is 8.85. The molecular formula is C11H14ClNO6. The van der Waals surface area contributed by atoms with Crippen LogP contribution in [0.5, 0.6) is 11.5 Å². The Labute approximate surface area is 112 Å². The number of methoxy groups -OCH3 is 2. The highest BCUT2D eigenvalue weighted by atomic mass is 35.7. The van der Waals surface area contributed by atoms with E-state index in [0.717, 1.165) is 30.0 Å². The third-order valence-electron chi connectivity index (χ3n) is 2.39. The maximum Gasteiger partial charge on any atom is 0.161 e. The average Bonchev–Trinajstić information content (AvgIpc) is 2.35. The van der Waals surface area contributed by atoms with E-state index in [1.54, 1.807) is 14.2 Å². The monoisotopic (exact) mass is 291 g/mol. The zero-order chi connectivity index (χ0) is 14.5. The number of hydrogen-bond acceptors (Lipinski definition) is 7. The molecule has 0 saturated carbocycles. The third kappa shape index (κ3) is 5.41. The maximum absolute atomic E-state index is 8.60. The minimum Gasteiger partial charge on any atom is -0.493 e. The molecule has 1 aromatic carbocycles. The highest BCUT2D eigenvalue weighted by Gasteiger charge is 2.11. The summed E-state index contributed by atoms with van der Waals surface area (Å²) in [5.74, 6) is 1.56. The fraction of sp³-hybridized carbons (Fsp3) is 0.364. The molecule has 0 unspecified atom stereocenters. The van der Waals surface area contributed by atoms with Crippen LogP contribution >= 0.6 is 0 Å². The normalized spacial score (nSPS) is 13.2. The molecule has 0 fully saturated rings. The fourth-order valence-corrected chi connectivity index (χ4v) is 1.62. The fourth-order valence-electron chi connectivity index (χ4n) is 1.62. The van der Waals surface area contributed by atoms with E-state index in [0.29, 0.717) is 0 Å². The molecule has 0 amide bonds. The van der Waals surface area contributed by atoms with Crippen LogP contribution in [0, 0.1) is 10.2 Å². The molecular weight excluding hydrogens is 278 g/mol. The summed E-state index contributed by atoms with van der Waals surface area (Å²) in [5.41, 5.74) is 2.41. The third-order valence-corrected chi connectivity index (χ3v) is 2.39. The van der Waals surface area contributed by atoms with Crippen LogP contribution in [0.2, 0.25) is 0 Å². The van der Waals surface area contributed by atoms with Crippen LogP contribution < -0.4 is 23.5 Å². The van der Waals surface area contributed by atoms with Crippen molar-refractivity contribution in [2.45, 2.75) is 6.42 Å². The Morgan fingerprint density at radius 3 is 2.21 bits per heavy atom. The molecule has 106 valence electrons. The van der Waals surface area contributed by atoms with E-state index in [2.05, 4.69) is 4.99 Å². The molecule has 0 atom stereocenters. The molecule has 1 aliphatic rings. The van der Waals surface area contributed by atoms with Crippen molar-refractivity contribution in [1.82, 2.24) is 0 Å². The van der Waals surface area contributed by atoms with Crippen molar-refractivity contribution in [3.63, 3.8) is 0 Å². The molecule has 1 aliphatic heterocycles. The molecule has 0 aliphatic carbocycles. The van der Waals surface area contributed by atoms with Gasteiger partial charge in [0.1, 0.15) is 0 Å². The zero-order valence-corrected chi connectivity index (χ0v) is 11.2. The van der Waals surface area contributed by atoms with Crippen molar-refractivity contribution in [3.8, 4) is 11.5 Å². The van der Waals surface area contributed by atoms with Crippen LogP contribution in [0.1, 0.15) is 11.1 Å². The minimum absolute atomic E-state index is 0.764. The lowest BCUT2D eigenvalue weighted by molar-refractivity contribution is -1.92. The Hall–Kier alpha value is -1.38. The van der Waals surface area contributed by atoms with Crippen LogP contribution in [0.4, 0.5) is 0 Å². The molecule has 0 bridgehead atoms. The summed E-state index contributed by atoms with van der Waals surface area (Å²) in [5, 5.41) is 0. The first-order valence-corrected chi connectivity index (χ1v) is 6.49. The van der Waals surface area contributed by atoms with Gasteiger partial charge in [-0.1, -0.05) is 0 Å². The van der Waals surface area contributed by atoms with Gasteiger partial charge in [-0.25, -0.2) is 0 Å². The second-order valence-electron chi connectivity index (χ2n) is 3.59. The molecule has 0 radical (unpaired) electrons. The first kappa shape index (κ1) is 15.7. The molecule has 1 heterocycles. The summed E-state index contributed by atoms with van der Waals surface area (Å²) in [7, 11) is -1.40. The molecule has 0 saturated heterocycles. The second kappa shape index (κ2) is 6.69. The van der Waals surface area contributed by atoms with Gasteiger partial charge in [-0.05, 0) is 29.7 Å². The van der Waals surface area contributed by atoms with E-state index in [-0.39, 0.29) is 0 Å². The quantitative estimate of drug-likeness (QED) is 0.646. The summed E-state index contributed by atoms with van der Waals surface area (Å²) in [6.07, 6.45) is 2.87. The van der Waals surface area contributed by atoms with Gasteiger partial charge in [0.05, 0.1) is 29.1 Å². The summed E-state index contributed by atoms with van der Waals surface area (Å²) in [6, 6.07) is 4.00. The van der Waals surface area contributed by atoms with Crippen molar-refractivity contribution in [3.05, 3.63) is 23.3 Å². The largest absolute Gasteiger partial charge is 0.493 e. The van der Waals surface area contributed by atoms with E-state index < -0.39 is 10.2 Å². The lowest BCUT2D eigenvalue weighted by atomic mass is 10.0. The number of halogens is 1. The number of rotatable bonds is 2. The van der Waals surface area contributed by atoms with Gasteiger partial charge in [0.2, 0.25) is 0 Å². The number of fused-ring (bicyclic) bond motifs is 1. The standard InChI is InChI=1S/C11H13NO2.ClHO4/c1-13-10-5-8-3-4-12-7-9(8)6-11(10)14-2;2-1(3,4)5/h5-7H,3-4H2,1-2H3;(H,2,3,4,5). The molecule has 7 nitrogen and oxygen atoms in total. The van der Waals surface area contributed by atoms with Crippen molar-refractivity contribution in [2.24, 2.45) is 4.99 Å². The van der Waals surface area contributed by atoms with E-state index in [9.17, 15) is 0 Å². The zero-order valence-electron chi connectivity index (χ0n) is 10.5. The van der Waals surface area contributed by atoms with Crippen molar-refractivity contribution < 1.29 is 38.4 Å². The topological polar surface area (TPSA) is 120 Å².